The molecule has 8 heteroatoms. The van der Waals surface area contributed by atoms with Gasteiger partial charge in [-0.2, -0.15) is 5.10 Å². The number of aromatic nitrogens is 2. The summed E-state index contributed by atoms with van der Waals surface area (Å²) in [4.78, 5) is 24.1. The normalized spacial score (nSPS) is 10.6. The third kappa shape index (κ3) is 5.71. The van der Waals surface area contributed by atoms with Gasteiger partial charge in [0.2, 0.25) is 0 Å². The van der Waals surface area contributed by atoms with Crippen molar-refractivity contribution in [2.24, 2.45) is 0 Å². The Bertz CT molecular complexity index is 1110. The van der Waals surface area contributed by atoms with Crippen molar-refractivity contribution in [2.45, 2.75) is 33.2 Å². The molecular formula is C25H29N3O5. The fourth-order valence-corrected chi connectivity index (χ4v) is 3.62. The number of methoxy groups -OCH3 is 3. The SMILES string of the molecule is COC(=O)CCc1c(C)nn(-c2ccc(C(=O)NCc3cc(OC)cc(OC)c3)cc2)c1C. The van der Waals surface area contributed by atoms with E-state index in [1.54, 1.807) is 32.4 Å². The minimum absolute atomic E-state index is 0.185. The van der Waals surface area contributed by atoms with Crippen LogP contribution in [0.4, 0.5) is 0 Å². The lowest BCUT2D eigenvalue weighted by molar-refractivity contribution is -0.140. The molecule has 0 unspecified atom stereocenters. The fraction of sp³-hybridized carbons (Fsp3) is 0.320. The van der Waals surface area contributed by atoms with Crippen molar-refractivity contribution in [3.63, 3.8) is 0 Å². The second-order valence-electron chi connectivity index (χ2n) is 7.59. The Kier molecular flexibility index (Phi) is 7.71. The number of carbonyl (C=O) groups excluding carboxylic acids is 2. The van der Waals surface area contributed by atoms with E-state index >= 15 is 0 Å². The summed E-state index contributed by atoms with van der Waals surface area (Å²) in [6.45, 7) is 4.23. The Labute approximate surface area is 193 Å². The van der Waals surface area contributed by atoms with Gasteiger partial charge in [0.1, 0.15) is 11.5 Å². The zero-order chi connectivity index (χ0) is 24.0. The molecule has 0 spiro atoms. The summed E-state index contributed by atoms with van der Waals surface area (Å²) in [5, 5.41) is 7.53. The number of hydrogen-bond donors (Lipinski definition) is 1. The molecule has 1 aromatic heterocycles. The van der Waals surface area contributed by atoms with Crippen LogP contribution in [-0.4, -0.2) is 43.0 Å². The Morgan fingerprint density at radius 2 is 1.61 bits per heavy atom. The van der Waals surface area contributed by atoms with E-state index in [0.717, 1.165) is 28.2 Å². The lowest BCUT2D eigenvalue weighted by Crippen LogP contribution is -2.22. The Morgan fingerprint density at radius 3 is 2.18 bits per heavy atom. The van der Waals surface area contributed by atoms with Gasteiger partial charge in [-0.05, 0) is 67.8 Å². The number of carbonyl (C=O) groups is 2. The van der Waals surface area contributed by atoms with Gasteiger partial charge in [0, 0.05) is 30.3 Å². The molecule has 3 aromatic rings. The topological polar surface area (TPSA) is 91.7 Å². The lowest BCUT2D eigenvalue weighted by Gasteiger charge is -2.10. The molecule has 1 heterocycles. The van der Waals surface area contributed by atoms with E-state index in [2.05, 4.69) is 10.4 Å². The first-order chi connectivity index (χ1) is 15.9. The highest BCUT2D eigenvalue weighted by atomic mass is 16.5. The summed E-state index contributed by atoms with van der Waals surface area (Å²) in [6.07, 6.45) is 0.877. The first-order valence-electron chi connectivity index (χ1n) is 10.6. The molecule has 1 amide bonds. The highest BCUT2D eigenvalue weighted by Gasteiger charge is 2.15. The summed E-state index contributed by atoms with van der Waals surface area (Å²) < 4.78 is 17.1. The van der Waals surface area contributed by atoms with Gasteiger partial charge in [-0.1, -0.05) is 0 Å². The van der Waals surface area contributed by atoms with Gasteiger partial charge < -0.3 is 19.5 Å². The van der Waals surface area contributed by atoms with Crippen LogP contribution in [0.3, 0.4) is 0 Å². The number of nitrogens with one attached hydrogen (secondary N) is 1. The summed E-state index contributed by atoms with van der Waals surface area (Å²) in [5.41, 5.74) is 5.11. The summed E-state index contributed by atoms with van der Waals surface area (Å²) >= 11 is 0. The van der Waals surface area contributed by atoms with Gasteiger partial charge in [-0.3, -0.25) is 9.59 Å². The largest absolute Gasteiger partial charge is 0.497 e. The van der Waals surface area contributed by atoms with E-state index in [1.807, 2.05) is 42.8 Å². The number of nitrogens with zero attached hydrogens (tertiary/aromatic N) is 2. The monoisotopic (exact) mass is 451 g/mol. The van der Waals surface area contributed by atoms with Crippen LogP contribution in [0.25, 0.3) is 5.69 Å². The molecule has 174 valence electrons. The zero-order valence-electron chi connectivity index (χ0n) is 19.6. The molecule has 2 aromatic carbocycles. The highest BCUT2D eigenvalue weighted by Crippen LogP contribution is 2.23. The van der Waals surface area contributed by atoms with Crippen LogP contribution < -0.4 is 14.8 Å². The third-order valence-electron chi connectivity index (χ3n) is 5.49. The van der Waals surface area contributed by atoms with E-state index in [0.29, 0.717) is 36.4 Å². The molecule has 0 aliphatic rings. The van der Waals surface area contributed by atoms with Crippen LogP contribution in [0.1, 0.15) is 39.3 Å². The Balaban J connectivity index is 1.69. The molecule has 0 bridgehead atoms. The van der Waals surface area contributed by atoms with Crippen LogP contribution in [0.15, 0.2) is 42.5 Å². The van der Waals surface area contributed by atoms with Crippen molar-refractivity contribution in [1.82, 2.24) is 15.1 Å². The highest BCUT2D eigenvalue weighted by molar-refractivity contribution is 5.94. The number of ether oxygens (including phenoxy) is 3. The van der Waals surface area contributed by atoms with E-state index < -0.39 is 0 Å². The standard InChI is InChI=1S/C25H29N3O5/c1-16-23(10-11-24(29)33-5)17(2)28(27-16)20-8-6-19(7-9-20)25(30)26-15-18-12-21(31-3)14-22(13-18)32-4/h6-9,12-14H,10-11,15H2,1-5H3,(H,26,30). The average Bonchev–Trinajstić information content (AvgIpc) is 3.13. The van der Waals surface area contributed by atoms with Gasteiger partial charge in [0.05, 0.1) is 32.7 Å². The van der Waals surface area contributed by atoms with E-state index in [1.165, 1.54) is 7.11 Å². The van der Waals surface area contributed by atoms with E-state index in [9.17, 15) is 9.59 Å². The molecule has 0 aliphatic carbocycles. The average molecular weight is 452 g/mol. The maximum Gasteiger partial charge on any atom is 0.305 e. The number of hydrogen-bond acceptors (Lipinski definition) is 6. The first kappa shape index (κ1) is 23.8. The van der Waals surface area contributed by atoms with Gasteiger partial charge in [0.25, 0.3) is 5.91 Å². The molecule has 3 rings (SSSR count). The Morgan fingerprint density at radius 1 is 0.970 bits per heavy atom. The van der Waals surface area contributed by atoms with E-state index in [4.69, 9.17) is 14.2 Å². The van der Waals surface area contributed by atoms with Gasteiger partial charge >= 0.3 is 5.97 Å². The number of benzene rings is 2. The lowest BCUT2D eigenvalue weighted by atomic mass is 10.1. The van der Waals surface area contributed by atoms with Crippen molar-refractivity contribution in [3.8, 4) is 17.2 Å². The summed E-state index contributed by atoms with van der Waals surface area (Å²) in [6, 6.07) is 12.7. The van der Waals surface area contributed by atoms with Gasteiger partial charge in [0.15, 0.2) is 0 Å². The molecule has 0 fully saturated rings. The van der Waals surface area contributed by atoms with Crippen LogP contribution in [-0.2, 0) is 22.5 Å². The van der Waals surface area contributed by atoms with Crippen molar-refractivity contribution in [3.05, 3.63) is 70.5 Å². The molecule has 33 heavy (non-hydrogen) atoms. The summed E-state index contributed by atoms with van der Waals surface area (Å²) in [5.74, 6) is 0.900. The second kappa shape index (κ2) is 10.7. The Hall–Kier alpha value is -3.81. The van der Waals surface area contributed by atoms with Crippen LogP contribution in [0.2, 0.25) is 0 Å². The van der Waals surface area contributed by atoms with Crippen LogP contribution in [0.5, 0.6) is 11.5 Å². The number of rotatable bonds is 9. The maximum atomic E-state index is 12.6. The van der Waals surface area contributed by atoms with Crippen molar-refractivity contribution in [1.29, 1.82) is 0 Å². The van der Waals surface area contributed by atoms with E-state index in [-0.39, 0.29) is 11.9 Å². The molecule has 0 radical (unpaired) electrons. The second-order valence-corrected chi connectivity index (χ2v) is 7.59. The zero-order valence-corrected chi connectivity index (χ0v) is 19.6. The molecule has 0 atom stereocenters. The molecule has 8 nitrogen and oxygen atoms in total. The molecule has 0 saturated carbocycles. The number of amides is 1. The van der Waals surface area contributed by atoms with Gasteiger partial charge in [-0.15, -0.1) is 0 Å². The molecular weight excluding hydrogens is 422 g/mol. The van der Waals surface area contributed by atoms with Crippen molar-refractivity contribution in [2.75, 3.05) is 21.3 Å². The summed E-state index contributed by atoms with van der Waals surface area (Å²) in [7, 11) is 4.56. The van der Waals surface area contributed by atoms with Crippen LogP contribution >= 0.6 is 0 Å². The van der Waals surface area contributed by atoms with Crippen LogP contribution in [0, 0.1) is 13.8 Å². The smallest absolute Gasteiger partial charge is 0.305 e. The minimum atomic E-state index is -0.246. The predicted octanol–water partition coefficient (Wildman–Crippen LogP) is 3.54. The minimum Gasteiger partial charge on any atom is -0.497 e. The first-order valence-corrected chi connectivity index (χ1v) is 10.6. The molecule has 0 aliphatic heterocycles. The maximum absolute atomic E-state index is 12.6. The fourth-order valence-electron chi connectivity index (χ4n) is 3.62. The molecule has 0 saturated heterocycles. The quantitative estimate of drug-likeness (QED) is 0.501. The predicted molar refractivity (Wildman–Crippen MR) is 124 cm³/mol. The number of aryl methyl sites for hydroxylation is 1. The van der Waals surface area contributed by atoms with Crippen molar-refractivity contribution >= 4 is 11.9 Å². The van der Waals surface area contributed by atoms with Gasteiger partial charge in [-0.25, -0.2) is 4.68 Å². The third-order valence-corrected chi connectivity index (χ3v) is 5.49. The van der Waals surface area contributed by atoms with Crippen molar-refractivity contribution < 1.29 is 23.8 Å². The number of esters is 1. The molecule has 1 N–H and O–H groups in total.